The number of nitrogens with one attached hydrogen (secondary N) is 1. The molecule has 1 aliphatic heterocycles. The van der Waals surface area contributed by atoms with Crippen LogP contribution >= 0.6 is 23.4 Å². The number of carbonyl (C=O) groups is 1. The number of rotatable bonds is 7. The van der Waals surface area contributed by atoms with Gasteiger partial charge in [0.2, 0.25) is 6.79 Å². The SMILES string of the molecule is Cc1ccc(Cl)cc1-n1c(CNC(=O)c2ccc3c(c2)OCO3)nnc1SCc1ccccc1. The summed E-state index contributed by atoms with van der Waals surface area (Å²) in [5.74, 6) is 2.30. The molecule has 3 aromatic carbocycles. The van der Waals surface area contributed by atoms with Crippen molar-refractivity contribution in [1.29, 1.82) is 0 Å². The summed E-state index contributed by atoms with van der Waals surface area (Å²) in [6.45, 7) is 2.36. The van der Waals surface area contributed by atoms with Gasteiger partial charge in [0.25, 0.3) is 5.91 Å². The van der Waals surface area contributed by atoms with Crippen molar-refractivity contribution >= 4 is 29.3 Å². The zero-order valence-electron chi connectivity index (χ0n) is 18.3. The van der Waals surface area contributed by atoms with E-state index < -0.39 is 0 Å². The van der Waals surface area contributed by atoms with Crippen LogP contribution in [-0.2, 0) is 12.3 Å². The molecule has 5 rings (SSSR count). The van der Waals surface area contributed by atoms with Crippen LogP contribution in [0, 0.1) is 6.92 Å². The van der Waals surface area contributed by atoms with Crippen molar-refractivity contribution in [2.75, 3.05) is 6.79 Å². The molecular weight excluding hydrogens is 472 g/mol. The number of halogens is 1. The van der Waals surface area contributed by atoms with Gasteiger partial charge in [-0.25, -0.2) is 0 Å². The van der Waals surface area contributed by atoms with E-state index in [9.17, 15) is 4.79 Å². The third-order valence-corrected chi connectivity index (χ3v) is 6.60. The van der Waals surface area contributed by atoms with Crippen LogP contribution in [0.25, 0.3) is 5.69 Å². The van der Waals surface area contributed by atoms with E-state index in [2.05, 4.69) is 27.6 Å². The number of nitrogens with zero attached hydrogens (tertiary/aromatic N) is 3. The van der Waals surface area contributed by atoms with Crippen molar-refractivity contribution < 1.29 is 14.3 Å². The molecule has 1 N–H and O–H groups in total. The second-order valence-electron chi connectivity index (χ2n) is 7.69. The summed E-state index contributed by atoms with van der Waals surface area (Å²) in [6.07, 6.45) is 0. The normalized spacial score (nSPS) is 12.1. The molecule has 0 atom stereocenters. The van der Waals surface area contributed by atoms with Crippen LogP contribution in [0.5, 0.6) is 11.5 Å². The lowest BCUT2D eigenvalue weighted by atomic mass is 10.2. The largest absolute Gasteiger partial charge is 0.454 e. The van der Waals surface area contributed by atoms with Gasteiger partial charge in [-0.1, -0.05) is 59.8 Å². The van der Waals surface area contributed by atoms with E-state index in [4.69, 9.17) is 21.1 Å². The fraction of sp³-hybridized carbons (Fsp3) is 0.160. The van der Waals surface area contributed by atoms with Crippen LogP contribution in [0.3, 0.4) is 0 Å². The summed E-state index contributed by atoms with van der Waals surface area (Å²) in [6, 6.07) is 21.0. The first-order valence-electron chi connectivity index (χ1n) is 10.6. The minimum Gasteiger partial charge on any atom is -0.454 e. The minimum atomic E-state index is -0.242. The number of hydrogen-bond donors (Lipinski definition) is 1. The number of ether oxygens (including phenoxy) is 2. The van der Waals surface area contributed by atoms with Crippen LogP contribution in [0.2, 0.25) is 5.02 Å². The Morgan fingerprint density at radius 2 is 1.88 bits per heavy atom. The van der Waals surface area contributed by atoms with E-state index in [0.717, 1.165) is 22.2 Å². The van der Waals surface area contributed by atoms with Gasteiger partial charge in [0.05, 0.1) is 12.2 Å². The molecule has 0 saturated heterocycles. The van der Waals surface area contributed by atoms with E-state index in [1.165, 1.54) is 5.56 Å². The van der Waals surface area contributed by atoms with Crippen LogP contribution in [-0.4, -0.2) is 27.5 Å². The quantitative estimate of drug-likeness (QED) is 0.358. The van der Waals surface area contributed by atoms with Crippen LogP contribution in [0.1, 0.15) is 27.3 Å². The molecule has 9 heteroatoms. The van der Waals surface area contributed by atoms with Crippen LogP contribution in [0.4, 0.5) is 0 Å². The van der Waals surface area contributed by atoms with Gasteiger partial charge in [-0.2, -0.15) is 0 Å². The molecule has 4 aromatic rings. The molecule has 0 saturated carbocycles. The van der Waals surface area contributed by atoms with Crippen molar-refractivity contribution in [2.24, 2.45) is 0 Å². The Labute approximate surface area is 206 Å². The molecule has 0 unspecified atom stereocenters. The lowest BCUT2D eigenvalue weighted by molar-refractivity contribution is 0.0949. The molecule has 1 amide bonds. The van der Waals surface area contributed by atoms with Gasteiger partial charge in [-0.3, -0.25) is 9.36 Å². The number of fused-ring (bicyclic) bond motifs is 1. The maximum atomic E-state index is 12.8. The van der Waals surface area contributed by atoms with Gasteiger partial charge < -0.3 is 14.8 Å². The highest BCUT2D eigenvalue weighted by atomic mass is 35.5. The average molecular weight is 493 g/mol. The van der Waals surface area contributed by atoms with Crippen molar-refractivity contribution in [2.45, 2.75) is 24.4 Å². The molecule has 0 radical (unpaired) electrons. The predicted octanol–water partition coefficient (Wildman–Crippen LogP) is 5.18. The maximum absolute atomic E-state index is 12.8. The summed E-state index contributed by atoms with van der Waals surface area (Å²) in [5, 5.41) is 13.1. The first-order chi connectivity index (χ1) is 16.6. The molecule has 2 heterocycles. The zero-order chi connectivity index (χ0) is 23.5. The van der Waals surface area contributed by atoms with Crippen LogP contribution < -0.4 is 14.8 Å². The van der Waals surface area contributed by atoms with E-state index in [-0.39, 0.29) is 19.2 Å². The Morgan fingerprint density at radius 1 is 1.06 bits per heavy atom. The predicted molar refractivity (Wildman–Crippen MR) is 131 cm³/mol. The Hall–Kier alpha value is -3.49. The highest BCUT2D eigenvalue weighted by Gasteiger charge is 2.19. The van der Waals surface area contributed by atoms with Crippen molar-refractivity contribution in [3.05, 3.63) is 94.3 Å². The fourth-order valence-electron chi connectivity index (χ4n) is 3.59. The first kappa shape index (κ1) is 22.3. The maximum Gasteiger partial charge on any atom is 0.251 e. The third kappa shape index (κ3) is 4.73. The number of thioether (sulfide) groups is 1. The fourth-order valence-corrected chi connectivity index (χ4v) is 4.68. The topological polar surface area (TPSA) is 78.3 Å². The van der Waals surface area contributed by atoms with Gasteiger partial charge in [-0.15, -0.1) is 10.2 Å². The molecule has 1 aromatic heterocycles. The van der Waals surface area contributed by atoms with Gasteiger partial charge in [0.15, 0.2) is 22.5 Å². The minimum absolute atomic E-state index is 0.159. The average Bonchev–Trinajstić information content (AvgIpc) is 3.49. The Bertz CT molecular complexity index is 1340. The molecule has 172 valence electrons. The molecule has 0 bridgehead atoms. The third-order valence-electron chi connectivity index (χ3n) is 5.37. The van der Waals surface area contributed by atoms with E-state index in [1.807, 2.05) is 47.9 Å². The summed E-state index contributed by atoms with van der Waals surface area (Å²) < 4.78 is 12.6. The molecule has 7 nitrogen and oxygen atoms in total. The number of benzene rings is 3. The van der Waals surface area contributed by atoms with Crippen molar-refractivity contribution in [1.82, 2.24) is 20.1 Å². The number of amides is 1. The van der Waals surface area contributed by atoms with E-state index in [0.29, 0.717) is 27.9 Å². The first-order valence-corrected chi connectivity index (χ1v) is 12.0. The van der Waals surface area contributed by atoms with Gasteiger partial charge in [-0.05, 0) is 48.4 Å². The van der Waals surface area contributed by atoms with Crippen LogP contribution in [0.15, 0.2) is 71.9 Å². The summed E-state index contributed by atoms with van der Waals surface area (Å²) in [4.78, 5) is 12.8. The summed E-state index contributed by atoms with van der Waals surface area (Å²) >= 11 is 7.89. The molecular formula is C25H21ClN4O3S. The smallest absolute Gasteiger partial charge is 0.251 e. The number of aryl methyl sites for hydroxylation is 1. The van der Waals surface area contributed by atoms with Gasteiger partial charge in [0, 0.05) is 16.3 Å². The molecule has 1 aliphatic rings. The highest BCUT2D eigenvalue weighted by Crippen LogP contribution is 2.32. The van der Waals surface area contributed by atoms with Crippen molar-refractivity contribution in [3.8, 4) is 17.2 Å². The second kappa shape index (κ2) is 9.79. The number of aromatic nitrogens is 3. The Balaban J connectivity index is 1.40. The van der Waals surface area contributed by atoms with Crippen molar-refractivity contribution in [3.63, 3.8) is 0 Å². The Morgan fingerprint density at radius 3 is 2.74 bits per heavy atom. The summed E-state index contributed by atoms with van der Waals surface area (Å²) in [5.41, 5.74) is 3.56. The summed E-state index contributed by atoms with van der Waals surface area (Å²) in [7, 11) is 0. The molecule has 0 aliphatic carbocycles. The van der Waals surface area contributed by atoms with E-state index >= 15 is 0 Å². The molecule has 34 heavy (non-hydrogen) atoms. The van der Waals surface area contributed by atoms with Gasteiger partial charge >= 0.3 is 0 Å². The lowest BCUT2D eigenvalue weighted by Crippen LogP contribution is -2.24. The lowest BCUT2D eigenvalue weighted by Gasteiger charge is -2.14. The van der Waals surface area contributed by atoms with E-state index in [1.54, 1.807) is 30.0 Å². The highest BCUT2D eigenvalue weighted by molar-refractivity contribution is 7.98. The zero-order valence-corrected chi connectivity index (χ0v) is 19.9. The standard InChI is InChI=1S/C25H21ClN4O3S/c1-16-7-9-19(26)12-20(16)30-23(28-29-25(30)34-14-17-5-3-2-4-6-17)13-27-24(31)18-8-10-21-22(11-18)33-15-32-21/h2-12H,13-15H2,1H3,(H,27,31). The Kier molecular flexibility index (Phi) is 6.42. The monoisotopic (exact) mass is 492 g/mol. The second-order valence-corrected chi connectivity index (χ2v) is 9.07. The number of carbonyl (C=O) groups excluding carboxylic acids is 1. The number of hydrogen-bond acceptors (Lipinski definition) is 6. The van der Waals surface area contributed by atoms with Gasteiger partial charge in [0.1, 0.15) is 0 Å². The molecule has 0 spiro atoms. The molecule has 0 fully saturated rings.